The summed E-state index contributed by atoms with van der Waals surface area (Å²) in [6, 6.07) is 0.723. The first kappa shape index (κ1) is 12.3. The summed E-state index contributed by atoms with van der Waals surface area (Å²) in [5.41, 5.74) is 6.40. The largest absolute Gasteiger partial charge is 0.329 e. The molecule has 0 bridgehead atoms. The van der Waals surface area contributed by atoms with Crippen molar-refractivity contribution in [1.29, 1.82) is 0 Å². The quantitative estimate of drug-likeness (QED) is 0.779. The number of rotatable bonds is 4. The van der Waals surface area contributed by atoms with Crippen LogP contribution in [0.3, 0.4) is 0 Å². The molecule has 2 rings (SSSR count). The monoisotopic (exact) mass is 225 g/mol. The molecule has 0 amide bonds. The third kappa shape index (κ3) is 1.89. The average molecular weight is 225 g/mol. The van der Waals surface area contributed by atoms with Gasteiger partial charge in [-0.3, -0.25) is 9.80 Å². The van der Waals surface area contributed by atoms with Crippen molar-refractivity contribution in [2.24, 2.45) is 11.7 Å². The molecule has 3 nitrogen and oxygen atoms in total. The fourth-order valence-corrected chi connectivity index (χ4v) is 3.77. The number of nitrogens with two attached hydrogens (primary N) is 1. The molecule has 2 aliphatic heterocycles. The molecular formula is C13H27N3. The van der Waals surface area contributed by atoms with Gasteiger partial charge in [-0.2, -0.15) is 0 Å². The topological polar surface area (TPSA) is 32.5 Å². The predicted octanol–water partition coefficient (Wildman–Crippen LogP) is 1.14. The fraction of sp³-hybridized carbons (Fsp3) is 1.00. The molecule has 0 saturated carbocycles. The first-order valence-electron chi connectivity index (χ1n) is 6.75. The van der Waals surface area contributed by atoms with Crippen molar-refractivity contribution < 1.29 is 0 Å². The maximum absolute atomic E-state index is 6.13. The van der Waals surface area contributed by atoms with Gasteiger partial charge in [-0.15, -0.1) is 0 Å². The second kappa shape index (κ2) is 4.63. The minimum Gasteiger partial charge on any atom is -0.329 e. The van der Waals surface area contributed by atoms with Gasteiger partial charge in [0.1, 0.15) is 0 Å². The second-order valence-corrected chi connectivity index (χ2v) is 6.03. The zero-order valence-corrected chi connectivity index (χ0v) is 11.1. The maximum Gasteiger partial charge on any atom is 0.0496 e. The number of nitrogens with zero attached hydrogens (tertiary/aromatic N) is 2. The third-order valence-electron chi connectivity index (χ3n) is 4.57. The number of fused-ring (bicyclic) bond motifs is 1. The number of hydrogen-bond donors (Lipinski definition) is 1. The summed E-state index contributed by atoms with van der Waals surface area (Å²) in [7, 11) is 2.27. The lowest BCUT2D eigenvalue weighted by molar-refractivity contribution is 0.0801. The van der Waals surface area contributed by atoms with E-state index in [1.165, 1.54) is 38.9 Å². The van der Waals surface area contributed by atoms with Crippen molar-refractivity contribution in [3.8, 4) is 0 Å². The molecule has 94 valence electrons. The Morgan fingerprint density at radius 1 is 1.44 bits per heavy atom. The molecule has 2 fully saturated rings. The van der Waals surface area contributed by atoms with Crippen LogP contribution in [0.1, 0.15) is 33.1 Å². The molecule has 0 aromatic rings. The molecule has 2 saturated heterocycles. The highest BCUT2D eigenvalue weighted by atomic mass is 15.3. The van der Waals surface area contributed by atoms with Crippen molar-refractivity contribution in [2.75, 3.05) is 33.2 Å². The van der Waals surface area contributed by atoms with Gasteiger partial charge in [0.2, 0.25) is 0 Å². The second-order valence-electron chi connectivity index (χ2n) is 6.03. The predicted molar refractivity (Wildman–Crippen MR) is 68.5 cm³/mol. The Hall–Kier alpha value is -0.120. The van der Waals surface area contributed by atoms with Gasteiger partial charge >= 0.3 is 0 Å². The SMILES string of the molecule is CC(C)CN(C)C1(CN)CCN2CCCC21. The van der Waals surface area contributed by atoms with Crippen LogP contribution in [-0.4, -0.2) is 54.6 Å². The van der Waals surface area contributed by atoms with E-state index in [0.29, 0.717) is 0 Å². The van der Waals surface area contributed by atoms with E-state index in [-0.39, 0.29) is 5.54 Å². The van der Waals surface area contributed by atoms with Gasteiger partial charge in [-0.05, 0) is 38.8 Å². The van der Waals surface area contributed by atoms with Gasteiger partial charge in [0.05, 0.1) is 0 Å². The summed E-state index contributed by atoms with van der Waals surface area (Å²) in [6.45, 7) is 9.12. The van der Waals surface area contributed by atoms with Crippen molar-refractivity contribution in [3.05, 3.63) is 0 Å². The Bertz CT molecular complexity index is 241. The Morgan fingerprint density at radius 2 is 2.19 bits per heavy atom. The molecule has 2 aliphatic rings. The zero-order chi connectivity index (χ0) is 11.8. The van der Waals surface area contributed by atoms with Gasteiger partial charge in [0.25, 0.3) is 0 Å². The Morgan fingerprint density at radius 3 is 2.81 bits per heavy atom. The summed E-state index contributed by atoms with van der Waals surface area (Å²) >= 11 is 0. The highest BCUT2D eigenvalue weighted by Gasteiger charge is 2.50. The van der Waals surface area contributed by atoms with Crippen LogP contribution in [0.15, 0.2) is 0 Å². The summed E-state index contributed by atoms with van der Waals surface area (Å²) in [6.07, 6.45) is 3.97. The molecule has 0 radical (unpaired) electrons. The lowest BCUT2D eigenvalue weighted by Gasteiger charge is -2.43. The lowest BCUT2D eigenvalue weighted by Crippen LogP contribution is -2.59. The maximum atomic E-state index is 6.13. The van der Waals surface area contributed by atoms with Gasteiger partial charge in [0.15, 0.2) is 0 Å². The van der Waals surface area contributed by atoms with Crippen LogP contribution in [0.2, 0.25) is 0 Å². The zero-order valence-electron chi connectivity index (χ0n) is 11.1. The van der Waals surface area contributed by atoms with Crippen LogP contribution >= 0.6 is 0 Å². The molecule has 0 aromatic heterocycles. The first-order chi connectivity index (χ1) is 7.60. The average Bonchev–Trinajstić information content (AvgIpc) is 2.76. The van der Waals surface area contributed by atoms with Crippen LogP contribution < -0.4 is 5.73 Å². The molecule has 2 unspecified atom stereocenters. The van der Waals surface area contributed by atoms with Crippen LogP contribution in [0, 0.1) is 5.92 Å². The van der Waals surface area contributed by atoms with Crippen molar-refractivity contribution in [3.63, 3.8) is 0 Å². The number of likely N-dealkylation sites (N-methyl/N-ethyl adjacent to an activating group) is 1. The molecule has 2 atom stereocenters. The molecule has 2 heterocycles. The van der Waals surface area contributed by atoms with E-state index in [0.717, 1.165) is 18.5 Å². The van der Waals surface area contributed by atoms with Gasteiger partial charge in [-0.25, -0.2) is 0 Å². The minimum absolute atomic E-state index is 0.265. The highest BCUT2D eigenvalue weighted by Crippen LogP contribution is 2.39. The first-order valence-corrected chi connectivity index (χ1v) is 6.75. The molecular weight excluding hydrogens is 198 g/mol. The van der Waals surface area contributed by atoms with E-state index in [9.17, 15) is 0 Å². The summed E-state index contributed by atoms with van der Waals surface area (Å²) in [4.78, 5) is 5.21. The van der Waals surface area contributed by atoms with E-state index in [4.69, 9.17) is 5.73 Å². The van der Waals surface area contributed by atoms with Gasteiger partial charge in [-0.1, -0.05) is 13.8 Å². The van der Waals surface area contributed by atoms with E-state index >= 15 is 0 Å². The molecule has 0 aromatic carbocycles. The van der Waals surface area contributed by atoms with Crippen molar-refractivity contribution in [2.45, 2.75) is 44.7 Å². The summed E-state index contributed by atoms with van der Waals surface area (Å²) in [5, 5.41) is 0. The minimum atomic E-state index is 0.265. The molecule has 2 N–H and O–H groups in total. The van der Waals surface area contributed by atoms with E-state index in [1.54, 1.807) is 0 Å². The Kier molecular flexibility index (Phi) is 3.57. The van der Waals surface area contributed by atoms with Crippen LogP contribution in [0.5, 0.6) is 0 Å². The standard InChI is InChI=1S/C13H27N3/c1-11(2)9-15(3)13(10-14)6-8-16-7-4-5-12(13)16/h11-12H,4-10,14H2,1-3H3. The molecule has 0 spiro atoms. The smallest absolute Gasteiger partial charge is 0.0496 e. The molecule has 0 aliphatic carbocycles. The Balaban J connectivity index is 2.12. The van der Waals surface area contributed by atoms with E-state index in [1.807, 2.05) is 0 Å². The highest BCUT2D eigenvalue weighted by molar-refractivity contribution is 5.09. The number of hydrogen-bond acceptors (Lipinski definition) is 3. The van der Waals surface area contributed by atoms with Crippen LogP contribution in [-0.2, 0) is 0 Å². The summed E-state index contributed by atoms with van der Waals surface area (Å²) in [5.74, 6) is 0.726. The molecule has 16 heavy (non-hydrogen) atoms. The third-order valence-corrected chi connectivity index (χ3v) is 4.57. The van der Waals surface area contributed by atoms with Crippen LogP contribution in [0.25, 0.3) is 0 Å². The van der Waals surface area contributed by atoms with Crippen LogP contribution in [0.4, 0.5) is 0 Å². The molecule has 3 heteroatoms. The normalized spacial score (nSPS) is 35.2. The Labute approximate surface area is 100.0 Å². The summed E-state index contributed by atoms with van der Waals surface area (Å²) < 4.78 is 0. The van der Waals surface area contributed by atoms with E-state index < -0.39 is 0 Å². The fourth-order valence-electron chi connectivity index (χ4n) is 3.77. The van der Waals surface area contributed by atoms with Crippen molar-refractivity contribution in [1.82, 2.24) is 9.80 Å². The van der Waals surface area contributed by atoms with Gasteiger partial charge < -0.3 is 5.73 Å². The van der Waals surface area contributed by atoms with Crippen molar-refractivity contribution >= 4 is 0 Å². The van der Waals surface area contributed by atoms with Gasteiger partial charge in [0, 0.05) is 31.2 Å². The lowest BCUT2D eigenvalue weighted by atomic mass is 9.86. The van der Waals surface area contributed by atoms with E-state index in [2.05, 4.69) is 30.7 Å².